The Balaban J connectivity index is 2.97. The van der Waals surface area contributed by atoms with E-state index in [2.05, 4.69) is 4.98 Å². The summed E-state index contributed by atoms with van der Waals surface area (Å²) in [7, 11) is 0. The molecule has 1 aromatic heterocycles. The van der Waals surface area contributed by atoms with E-state index < -0.39 is 0 Å². The lowest BCUT2D eigenvalue weighted by atomic mass is 10.2. The van der Waals surface area contributed by atoms with Crippen LogP contribution in [0.3, 0.4) is 0 Å². The summed E-state index contributed by atoms with van der Waals surface area (Å²) in [4.78, 5) is 4.00. The van der Waals surface area contributed by atoms with Crippen LogP contribution in [0.1, 0.15) is 11.1 Å². The van der Waals surface area contributed by atoms with Crippen LogP contribution >= 0.6 is 11.6 Å². The average molecular weight is 183 g/mol. The van der Waals surface area contributed by atoms with Gasteiger partial charge in [-0.25, -0.2) is 4.98 Å². The van der Waals surface area contributed by atoms with Crippen molar-refractivity contribution in [1.29, 1.82) is 0 Å². The largest absolute Gasteiger partial charge is 0.327 e. The topological polar surface area (TPSA) is 38.9 Å². The number of hydrogen-bond donors (Lipinski definition) is 1. The molecule has 0 fully saturated rings. The van der Waals surface area contributed by atoms with Crippen molar-refractivity contribution in [3.8, 4) is 0 Å². The fourth-order valence-electron chi connectivity index (χ4n) is 0.887. The molecule has 0 atom stereocenters. The smallest absolute Gasteiger partial charge is 0.136 e. The molecule has 1 aromatic rings. The van der Waals surface area contributed by atoms with Crippen molar-refractivity contribution in [2.75, 3.05) is 6.54 Å². The third kappa shape index (κ3) is 2.32. The summed E-state index contributed by atoms with van der Waals surface area (Å²) in [5.74, 6) is 0. The Bertz CT molecular complexity index is 295. The van der Waals surface area contributed by atoms with Gasteiger partial charge in [-0.1, -0.05) is 23.8 Å². The molecule has 0 amide bonds. The quantitative estimate of drug-likeness (QED) is 0.711. The molecule has 0 aliphatic rings. The monoisotopic (exact) mass is 182 g/mol. The Morgan fingerprint density at radius 1 is 1.67 bits per heavy atom. The first-order chi connectivity index (χ1) is 5.74. The van der Waals surface area contributed by atoms with Crippen molar-refractivity contribution in [2.45, 2.75) is 6.92 Å². The van der Waals surface area contributed by atoms with E-state index in [9.17, 15) is 0 Å². The lowest BCUT2D eigenvalue weighted by Gasteiger charge is -1.97. The SMILES string of the molecule is Cc1cnc(Cl)c(C=CCN)c1. The molecule has 3 heteroatoms. The van der Waals surface area contributed by atoms with Gasteiger partial charge >= 0.3 is 0 Å². The van der Waals surface area contributed by atoms with E-state index >= 15 is 0 Å². The van der Waals surface area contributed by atoms with Crippen molar-refractivity contribution in [1.82, 2.24) is 4.98 Å². The van der Waals surface area contributed by atoms with Gasteiger partial charge in [0.05, 0.1) is 0 Å². The number of aryl methyl sites for hydroxylation is 1. The Morgan fingerprint density at radius 2 is 2.42 bits per heavy atom. The lowest BCUT2D eigenvalue weighted by molar-refractivity contribution is 1.24. The third-order valence-electron chi connectivity index (χ3n) is 1.44. The normalized spacial score (nSPS) is 10.9. The predicted octanol–water partition coefficient (Wildman–Crippen LogP) is 2.02. The number of aromatic nitrogens is 1. The molecular formula is C9H11ClN2. The van der Waals surface area contributed by atoms with Crippen molar-refractivity contribution in [3.05, 3.63) is 34.6 Å². The van der Waals surface area contributed by atoms with Crippen molar-refractivity contribution in [3.63, 3.8) is 0 Å². The van der Waals surface area contributed by atoms with Crippen LogP contribution in [-0.2, 0) is 0 Å². The summed E-state index contributed by atoms with van der Waals surface area (Å²) in [6, 6.07) is 1.97. The summed E-state index contributed by atoms with van der Waals surface area (Å²) in [6.07, 6.45) is 5.47. The first-order valence-electron chi connectivity index (χ1n) is 3.73. The van der Waals surface area contributed by atoms with Gasteiger partial charge in [0.15, 0.2) is 0 Å². The maximum Gasteiger partial charge on any atom is 0.136 e. The number of pyridine rings is 1. The van der Waals surface area contributed by atoms with E-state index in [0.717, 1.165) is 11.1 Å². The Morgan fingerprint density at radius 3 is 3.08 bits per heavy atom. The summed E-state index contributed by atoms with van der Waals surface area (Å²) in [5, 5.41) is 0.519. The van der Waals surface area contributed by atoms with Crippen LogP contribution in [0.25, 0.3) is 6.08 Å². The molecule has 0 aliphatic heterocycles. The molecule has 0 saturated heterocycles. The molecule has 0 saturated carbocycles. The Labute approximate surface area is 77.1 Å². The molecule has 0 unspecified atom stereocenters. The van der Waals surface area contributed by atoms with Gasteiger partial charge in [-0.15, -0.1) is 0 Å². The van der Waals surface area contributed by atoms with Crippen LogP contribution in [-0.4, -0.2) is 11.5 Å². The highest BCUT2D eigenvalue weighted by Gasteiger charge is 1.96. The molecule has 64 valence electrons. The van der Waals surface area contributed by atoms with Crippen molar-refractivity contribution >= 4 is 17.7 Å². The average Bonchev–Trinajstić information content (AvgIpc) is 2.07. The summed E-state index contributed by atoms with van der Waals surface area (Å²) >= 11 is 5.83. The van der Waals surface area contributed by atoms with E-state index in [1.807, 2.05) is 25.1 Å². The minimum atomic E-state index is 0.518. The summed E-state index contributed by atoms with van der Waals surface area (Å²) in [5.41, 5.74) is 7.33. The van der Waals surface area contributed by atoms with E-state index in [4.69, 9.17) is 17.3 Å². The second kappa shape index (κ2) is 4.24. The highest BCUT2D eigenvalue weighted by Crippen LogP contribution is 2.15. The van der Waals surface area contributed by atoms with Crippen LogP contribution in [0.4, 0.5) is 0 Å². The van der Waals surface area contributed by atoms with Crippen LogP contribution in [0, 0.1) is 6.92 Å². The predicted molar refractivity (Wildman–Crippen MR) is 52.1 cm³/mol. The Hall–Kier alpha value is -0.860. The zero-order chi connectivity index (χ0) is 8.97. The number of rotatable bonds is 2. The van der Waals surface area contributed by atoms with Gasteiger partial charge in [0.1, 0.15) is 5.15 Å². The van der Waals surface area contributed by atoms with Gasteiger partial charge < -0.3 is 5.73 Å². The van der Waals surface area contributed by atoms with Crippen LogP contribution in [0.5, 0.6) is 0 Å². The molecule has 1 heterocycles. The number of halogens is 1. The molecule has 0 bridgehead atoms. The van der Waals surface area contributed by atoms with Gasteiger partial charge in [-0.2, -0.15) is 0 Å². The van der Waals surface area contributed by atoms with Gasteiger partial charge in [-0.05, 0) is 18.6 Å². The highest BCUT2D eigenvalue weighted by atomic mass is 35.5. The first-order valence-corrected chi connectivity index (χ1v) is 4.10. The summed E-state index contributed by atoms with van der Waals surface area (Å²) in [6.45, 7) is 2.49. The highest BCUT2D eigenvalue weighted by molar-refractivity contribution is 6.30. The van der Waals surface area contributed by atoms with E-state index in [1.165, 1.54) is 0 Å². The number of hydrogen-bond acceptors (Lipinski definition) is 2. The molecular weight excluding hydrogens is 172 g/mol. The van der Waals surface area contributed by atoms with E-state index in [-0.39, 0.29) is 0 Å². The standard InChI is InChI=1S/C9H11ClN2/c1-7-5-8(3-2-4-11)9(10)12-6-7/h2-3,5-6H,4,11H2,1H3. The maximum atomic E-state index is 5.83. The molecule has 0 aliphatic carbocycles. The minimum Gasteiger partial charge on any atom is -0.327 e. The Kier molecular flexibility index (Phi) is 3.26. The second-order valence-corrected chi connectivity index (χ2v) is 2.89. The maximum absolute atomic E-state index is 5.83. The number of nitrogens with two attached hydrogens (primary N) is 1. The third-order valence-corrected chi connectivity index (χ3v) is 1.75. The van der Waals surface area contributed by atoms with Crippen LogP contribution in [0.15, 0.2) is 18.3 Å². The zero-order valence-electron chi connectivity index (χ0n) is 6.92. The molecule has 2 nitrogen and oxygen atoms in total. The molecule has 0 aromatic carbocycles. The zero-order valence-corrected chi connectivity index (χ0v) is 7.67. The fourth-order valence-corrected chi connectivity index (χ4v) is 1.05. The molecule has 1 rings (SSSR count). The van der Waals surface area contributed by atoms with Gasteiger partial charge in [-0.3, -0.25) is 0 Å². The van der Waals surface area contributed by atoms with E-state index in [0.29, 0.717) is 11.7 Å². The van der Waals surface area contributed by atoms with Crippen molar-refractivity contribution in [2.24, 2.45) is 5.73 Å². The molecule has 12 heavy (non-hydrogen) atoms. The summed E-state index contributed by atoms with van der Waals surface area (Å²) < 4.78 is 0. The first kappa shape index (κ1) is 9.23. The van der Waals surface area contributed by atoms with Gasteiger partial charge in [0.2, 0.25) is 0 Å². The molecule has 2 N–H and O–H groups in total. The van der Waals surface area contributed by atoms with E-state index in [1.54, 1.807) is 6.20 Å². The fraction of sp³-hybridized carbons (Fsp3) is 0.222. The van der Waals surface area contributed by atoms with Gasteiger partial charge in [0, 0.05) is 18.3 Å². The van der Waals surface area contributed by atoms with Crippen molar-refractivity contribution < 1.29 is 0 Å². The number of nitrogens with zero attached hydrogens (tertiary/aromatic N) is 1. The lowest BCUT2D eigenvalue weighted by Crippen LogP contribution is -1.92. The minimum absolute atomic E-state index is 0.518. The molecule has 0 radical (unpaired) electrons. The van der Waals surface area contributed by atoms with Crippen LogP contribution < -0.4 is 5.73 Å². The molecule has 0 spiro atoms. The van der Waals surface area contributed by atoms with Gasteiger partial charge in [0.25, 0.3) is 0 Å². The second-order valence-electron chi connectivity index (χ2n) is 2.53. The van der Waals surface area contributed by atoms with Crippen LogP contribution in [0.2, 0.25) is 5.15 Å².